The molecule has 6 nitrogen and oxygen atoms in total. The number of aliphatic hydroxyl groups is 2. The molecule has 0 aromatic rings. The van der Waals surface area contributed by atoms with E-state index in [4.69, 9.17) is 18.9 Å². The van der Waals surface area contributed by atoms with E-state index in [0.29, 0.717) is 23.7 Å². The number of hydrogen-bond donors (Lipinski definition) is 2. The molecule has 1 saturated carbocycles. The van der Waals surface area contributed by atoms with Crippen LogP contribution in [0.3, 0.4) is 0 Å². The van der Waals surface area contributed by atoms with Gasteiger partial charge in [-0.3, -0.25) is 0 Å². The second kappa shape index (κ2) is 8.95. The van der Waals surface area contributed by atoms with Gasteiger partial charge >= 0.3 is 0 Å². The lowest BCUT2D eigenvalue weighted by molar-refractivity contribution is -0.225. The molecule has 0 radical (unpaired) electrons. The minimum absolute atomic E-state index is 0.370. The standard InChI is InChI=1S/C24H44O6/c1-13(2)9-23(10-14(3)4)27-19-17(25)21-22(18(26)20(19)28-23)30-24(29-21,11-15(5)6)12-16(7)8/h13-22,25-26H,9-12H2,1-8H3/t17?,18?,19-,20-,21-,22+/m0/s1. The average molecular weight is 429 g/mol. The van der Waals surface area contributed by atoms with Crippen LogP contribution in [-0.2, 0) is 18.9 Å². The Morgan fingerprint density at radius 2 is 0.700 bits per heavy atom. The maximum Gasteiger partial charge on any atom is 0.170 e. The van der Waals surface area contributed by atoms with Gasteiger partial charge in [0.1, 0.15) is 36.6 Å². The molecule has 30 heavy (non-hydrogen) atoms. The Kier molecular flexibility index (Phi) is 7.28. The molecule has 1 aliphatic carbocycles. The van der Waals surface area contributed by atoms with E-state index in [2.05, 4.69) is 55.4 Å². The first-order chi connectivity index (χ1) is 13.9. The first-order valence-electron chi connectivity index (χ1n) is 11.9. The molecule has 0 bridgehead atoms. The molecule has 2 unspecified atom stereocenters. The van der Waals surface area contributed by atoms with E-state index >= 15 is 0 Å². The maximum absolute atomic E-state index is 11.2. The minimum atomic E-state index is -0.897. The predicted octanol–water partition coefficient (Wildman–Crippen LogP) is 3.87. The van der Waals surface area contributed by atoms with Gasteiger partial charge in [-0.1, -0.05) is 55.4 Å². The maximum atomic E-state index is 11.2. The molecule has 2 aliphatic heterocycles. The summed E-state index contributed by atoms with van der Waals surface area (Å²) in [5.74, 6) is -0.0918. The number of fused-ring (bicyclic) bond motifs is 2. The molecule has 3 fully saturated rings. The van der Waals surface area contributed by atoms with Crippen LogP contribution >= 0.6 is 0 Å². The van der Waals surface area contributed by atoms with Gasteiger partial charge in [-0.25, -0.2) is 0 Å². The highest BCUT2D eigenvalue weighted by atomic mass is 16.8. The van der Waals surface area contributed by atoms with E-state index in [1.807, 2.05) is 0 Å². The summed E-state index contributed by atoms with van der Waals surface area (Å²) in [7, 11) is 0. The molecule has 6 atom stereocenters. The monoisotopic (exact) mass is 428 g/mol. The summed E-state index contributed by atoms with van der Waals surface area (Å²) in [6.07, 6.45) is -1.37. The lowest BCUT2D eigenvalue weighted by Gasteiger charge is -2.38. The summed E-state index contributed by atoms with van der Waals surface area (Å²) in [5, 5.41) is 22.5. The van der Waals surface area contributed by atoms with E-state index in [-0.39, 0.29) is 0 Å². The summed E-state index contributed by atoms with van der Waals surface area (Å²) in [6.45, 7) is 17.1. The van der Waals surface area contributed by atoms with Crippen molar-refractivity contribution in [3.63, 3.8) is 0 Å². The van der Waals surface area contributed by atoms with Crippen molar-refractivity contribution in [1.29, 1.82) is 0 Å². The second-order valence-electron chi connectivity index (χ2n) is 11.5. The van der Waals surface area contributed by atoms with Gasteiger partial charge in [0, 0.05) is 25.7 Å². The summed E-state index contributed by atoms with van der Waals surface area (Å²) < 4.78 is 25.7. The smallest absolute Gasteiger partial charge is 0.170 e. The molecular weight excluding hydrogens is 384 g/mol. The van der Waals surface area contributed by atoms with Crippen LogP contribution in [0.2, 0.25) is 0 Å². The molecule has 2 saturated heterocycles. The van der Waals surface area contributed by atoms with Crippen molar-refractivity contribution in [3.8, 4) is 0 Å². The number of aliphatic hydroxyl groups excluding tert-OH is 2. The number of hydrogen-bond acceptors (Lipinski definition) is 6. The van der Waals surface area contributed by atoms with Gasteiger partial charge in [0.25, 0.3) is 0 Å². The van der Waals surface area contributed by atoms with Crippen LogP contribution in [0.25, 0.3) is 0 Å². The molecule has 3 rings (SSSR count). The highest BCUT2D eigenvalue weighted by Crippen LogP contribution is 2.49. The molecule has 6 heteroatoms. The van der Waals surface area contributed by atoms with Crippen LogP contribution in [0.4, 0.5) is 0 Å². The lowest BCUT2D eigenvalue weighted by atomic mass is 9.85. The zero-order valence-electron chi connectivity index (χ0n) is 20.1. The van der Waals surface area contributed by atoms with Crippen LogP contribution in [0, 0.1) is 23.7 Å². The first-order valence-corrected chi connectivity index (χ1v) is 11.9. The van der Waals surface area contributed by atoms with Crippen LogP contribution in [0.1, 0.15) is 81.1 Å². The lowest BCUT2D eigenvalue weighted by Crippen LogP contribution is -2.61. The van der Waals surface area contributed by atoms with Crippen LogP contribution in [-0.4, -0.2) is 58.4 Å². The van der Waals surface area contributed by atoms with Crippen molar-refractivity contribution < 1.29 is 29.2 Å². The van der Waals surface area contributed by atoms with E-state index in [1.54, 1.807) is 0 Å². The Bertz CT molecular complexity index is 476. The van der Waals surface area contributed by atoms with Crippen molar-refractivity contribution in [2.24, 2.45) is 23.7 Å². The summed E-state index contributed by atoms with van der Waals surface area (Å²) in [5.41, 5.74) is 0. The molecule has 3 aliphatic rings. The fourth-order valence-corrected chi connectivity index (χ4v) is 5.79. The van der Waals surface area contributed by atoms with Crippen molar-refractivity contribution in [1.82, 2.24) is 0 Å². The molecule has 176 valence electrons. The molecule has 0 spiro atoms. The Balaban J connectivity index is 1.84. The summed E-state index contributed by atoms with van der Waals surface area (Å²) in [4.78, 5) is 0. The van der Waals surface area contributed by atoms with E-state index in [1.165, 1.54) is 0 Å². The van der Waals surface area contributed by atoms with Gasteiger partial charge in [-0.05, 0) is 23.7 Å². The third-order valence-corrected chi connectivity index (χ3v) is 6.27. The molecular formula is C24H44O6. The Labute approximate surface area is 182 Å². The molecule has 2 N–H and O–H groups in total. The number of ether oxygens (including phenoxy) is 4. The number of rotatable bonds is 8. The topological polar surface area (TPSA) is 77.4 Å². The SMILES string of the molecule is CC(C)CC1(CC(C)C)O[C@@H]2C(O)[C@@H]3OC(CC(C)C)(CC(C)C)O[C@H]3C(O)[C@@H]2O1. The zero-order valence-corrected chi connectivity index (χ0v) is 20.1. The first kappa shape index (κ1) is 24.4. The van der Waals surface area contributed by atoms with Gasteiger partial charge in [-0.15, -0.1) is 0 Å². The predicted molar refractivity (Wildman–Crippen MR) is 115 cm³/mol. The van der Waals surface area contributed by atoms with Crippen LogP contribution < -0.4 is 0 Å². The molecule has 0 amide bonds. The normalized spacial score (nSPS) is 37.4. The highest BCUT2D eigenvalue weighted by Gasteiger charge is 2.65. The fraction of sp³-hybridized carbons (Fsp3) is 1.00. The van der Waals surface area contributed by atoms with Crippen molar-refractivity contribution in [2.45, 2.75) is 129 Å². The Hall–Kier alpha value is -0.240. The van der Waals surface area contributed by atoms with Gasteiger partial charge in [-0.2, -0.15) is 0 Å². The van der Waals surface area contributed by atoms with Crippen molar-refractivity contribution in [2.75, 3.05) is 0 Å². The van der Waals surface area contributed by atoms with E-state index in [9.17, 15) is 10.2 Å². The highest BCUT2D eigenvalue weighted by molar-refractivity contribution is 5.09. The van der Waals surface area contributed by atoms with Crippen LogP contribution in [0.5, 0.6) is 0 Å². The second-order valence-corrected chi connectivity index (χ2v) is 11.5. The Morgan fingerprint density at radius 1 is 0.500 bits per heavy atom. The molecule has 0 aromatic carbocycles. The van der Waals surface area contributed by atoms with E-state index < -0.39 is 48.2 Å². The van der Waals surface area contributed by atoms with Gasteiger partial charge in [0.05, 0.1) is 0 Å². The molecule has 2 heterocycles. The largest absolute Gasteiger partial charge is 0.387 e. The Morgan fingerprint density at radius 3 is 0.867 bits per heavy atom. The van der Waals surface area contributed by atoms with Crippen molar-refractivity contribution >= 4 is 0 Å². The third-order valence-electron chi connectivity index (χ3n) is 6.27. The zero-order chi connectivity index (χ0) is 22.4. The van der Waals surface area contributed by atoms with E-state index in [0.717, 1.165) is 25.7 Å². The summed E-state index contributed by atoms with van der Waals surface area (Å²) in [6, 6.07) is 0. The fourth-order valence-electron chi connectivity index (χ4n) is 5.79. The minimum Gasteiger partial charge on any atom is -0.387 e. The molecule has 0 aromatic heterocycles. The van der Waals surface area contributed by atoms with Crippen LogP contribution in [0.15, 0.2) is 0 Å². The third kappa shape index (κ3) is 4.89. The average Bonchev–Trinajstić information content (AvgIpc) is 3.10. The van der Waals surface area contributed by atoms with Gasteiger partial charge < -0.3 is 29.2 Å². The van der Waals surface area contributed by atoms with Gasteiger partial charge in [0.2, 0.25) is 0 Å². The summed E-state index contributed by atoms with van der Waals surface area (Å²) >= 11 is 0. The quantitative estimate of drug-likeness (QED) is 0.611. The van der Waals surface area contributed by atoms with Gasteiger partial charge in [0.15, 0.2) is 11.6 Å². The van der Waals surface area contributed by atoms with Crippen molar-refractivity contribution in [3.05, 3.63) is 0 Å².